The predicted molar refractivity (Wildman–Crippen MR) is 135 cm³/mol. The number of carbonyl (C=O) groups is 1. The number of aromatic nitrogens is 5. The van der Waals surface area contributed by atoms with Gasteiger partial charge in [0, 0.05) is 43.5 Å². The topological polar surface area (TPSA) is 115 Å². The molecule has 0 spiro atoms. The molecule has 176 valence electrons. The number of rotatable bonds is 8. The third-order valence-electron chi connectivity index (χ3n) is 5.63. The molecule has 0 bridgehead atoms. The van der Waals surface area contributed by atoms with E-state index in [1.807, 2.05) is 37.5 Å². The van der Waals surface area contributed by atoms with Gasteiger partial charge in [-0.2, -0.15) is 5.10 Å². The molecule has 0 saturated carbocycles. The number of nitrogen functional groups attached to an aromatic ring is 1. The number of hydrogen-bond acceptors (Lipinski definition) is 7. The van der Waals surface area contributed by atoms with E-state index in [1.165, 1.54) is 0 Å². The van der Waals surface area contributed by atoms with Crippen molar-refractivity contribution in [1.82, 2.24) is 34.9 Å². The van der Waals surface area contributed by atoms with Gasteiger partial charge < -0.3 is 16.0 Å². The molecule has 0 unspecified atom stereocenters. The number of nitrogens with two attached hydrogens (primary N) is 1. The monoisotopic (exact) mass is 478 g/mol. The van der Waals surface area contributed by atoms with Gasteiger partial charge in [-0.15, -0.1) is 0 Å². The van der Waals surface area contributed by atoms with Gasteiger partial charge in [-0.25, -0.2) is 9.97 Å². The lowest BCUT2D eigenvalue weighted by Gasteiger charge is -2.18. The van der Waals surface area contributed by atoms with Gasteiger partial charge in [-0.05, 0) is 37.4 Å². The van der Waals surface area contributed by atoms with Crippen LogP contribution >= 0.6 is 11.6 Å². The van der Waals surface area contributed by atoms with Crippen LogP contribution in [-0.4, -0.2) is 61.7 Å². The molecule has 0 aliphatic heterocycles. The molecule has 0 aliphatic carbocycles. The van der Waals surface area contributed by atoms with Crippen molar-refractivity contribution in [1.29, 1.82) is 0 Å². The second-order valence-corrected chi connectivity index (χ2v) is 8.25. The number of amides is 1. The third kappa shape index (κ3) is 4.85. The molecule has 0 saturated heterocycles. The Morgan fingerprint density at radius 1 is 1.18 bits per heavy atom. The predicted octanol–water partition coefficient (Wildman–Crippen LogP) is 3.40. The zero-order valence-corrected chi connectivity index (χ0v) is 20.2. The minimum atomic E-state index is -0.375. The fourth-order valence-electron chi connectivity index (χ4n) is 3.77. The van der Waals surface area contributed by atoms with Gasteiger partial charge in [0.15, 0.2) is 11.5 Å². The van der Waals surface area contributed by atoms with Crippen LogP contribution < -0.4 is 11.1 Å². The number of halogens is 1. The Balaban J connectivity index is 1.78. The molecule has 3 aromatic heterocycles. The summed E-state index contributed by atoms with van der Waals surface area (Å²) in [5.41, 5.74) is 9.17. The van der Waals surface area contributed by atoms with Crippen LogP contribution in [0.25, 0.3) is 33.5 Å². The summed E-state index contributed by atoms with van der Waals surface area (Å²) in [5.74, 6) is -0.335. The third-order valence-corrected chi connectivity index (χ3v) is 5.92. The number of likely N-dealkylation sites (N-methyl/N-ethyl adjacent to an activating group) is 1. The van der Waals surface area contributed by atoms with E-state index >= 15 is 0 Å². The first-order valence-corrected chi connectivity index (χ1v) is 11.5. The lowest BCUT2D eigenvalue weighted by Crippen LogP contribution is -2.35. The Hall–Kier alpha value is -3.56. The molecule has 3 N–H and O–H groups in total. The van der Waals surface area contributed by atoms with E-state index in [0.717, 1.165) is 25.0 Å². The van der Waals surface area contributed by atoms with Crippen LogP contribution in [0.5, 0.6) is 0 Å². The lowest BCUT2D eigenvalue weighted by molar-refractivity contribution is 0.0944. The van der Waals surface area contributed by atoms with Crippen LogP contribution in [0.1, 0.15) is 24.3 Å². The summed E-state index contributed by atoms with van der Waals surface area (Å²) in [6, 6.07) is 9.27. The number of hydrogen-bond donors (Lipinski definition) is 2. The number of anilines is 1. The number of carbonyl (C=O) groups excluding carboxylic acids is 1. The normalized spacial score (nSPS) is 11.3. The molecule has 3 heterocycles. The maximum Gasteiger partial charge on any atom is 0.273 e. The summed E-state index contributed by atoms with van der Waals surface area (Å²) in [7, 11) is 1.82. The Bertz CT molecular complexity index is 1330. The van der Waals surface area contributed by atoms with Crippen LogP contribution in [0, 0.1) is 0 Å². The van der Waals surface area contributed by atoms with Gasteiger partial charge in [0.1, 0.15) is 11.4 Å². The van der Waals surface area contributed by atoms with Gasteiger partial charge in [0.05, 0.1) is 16.2 Å². The first-order chi connectivity index (χ1) is 16.4. The Morgan fingerprint density at radius 2 is 1.97 bits per heavy atom. The van der Waals surface area contributed by atoms with E-state index in [-0.39, 0.29) is 17.4 Å². The van der Waals surface area contributed by atoms with Crippen molar-refractivity contribution in [2.24, 2.45) is 7.05 Å². The quantitative estimate of drug-likeness (QED) is 0.398. The van der Waals surface area contributed by atoms with Gasteiger partial charge in [0.25, 0.3) is 5.91 Å². The van der Waals surface area contributed by atoms with Crippen LogP contribution in [0.4, 0.5) is 5.82 Å². The molecule has 0 atom stereocenters. The first-order valence-electron chi connectivity index (χ1n) is 11.1. The zero-order chi connectivity index (χ0) is 24.2. The van der Waals surface area contributed by atoms with E-state index in [1.54, 1.807) is 16.9 Å². The average Bonchev–Trinajstić information content (AvgIpc) is 3.27. The van der Waals surface area contributed by atoms with E-state index in [9.17, 15) is 4.79 Å². The number of nitrogens with one attached hydrogen (secondary N) is 1. The minimum absolute atomic E-state index is 0.0401. The molecule has 34 heavy (non-hydrogen) atoms. The molecule has 1 aromatic carbocycles. The molecular weight excluding hydrogens is 452 g/mol. The maximum absolute atomic E-state index is 13.0. The van der Waals surface area contributed by atoms with Crippen LogP contribution in [0.15, 0.2) is 42.7 Å². The van der Waals surface area contributed by atoms with E-state index in [4.69, 9.17) is 17.3 Å². The van der Waals surface area contributed by atoms with E-state index < -0.39 is 0 Å². The van der Waals surface area contributed by atoms with Crippen molar-refractivity contribution in [3.05, 3.63) is 53.4 Å². The van der Waals surface area contributed by atoms with E-state index in [2.05, 4.69) is 44.1 Å². The minimum Gasteiger partial charge on any atom is -0.382 e. The molecule has 0 radical (unpaired) electrons. The molecule has 4 rings (SSSR count). The Labute approximate surface area is 203 Å². The highest BCUT2D eigenvalue weighted by Gasteiger charge is 2.22. The fraction of sp³-hybridized carbons (Fsp3) is 0.292. The second-order valence-electron chi connectivity index (χ2n) is 7.85. The molecule has 9 nitrogen and oxygen atoms in total. The number of nitrogens with zero attached hydrogens (tertiary/aromatic N) is 6. The summed E-state index contributed by atoms with van der Waals surface area (Å²) in [6.45, 7) is 7.21. The van der Waals surface area contributed by atoms with Crippen molar-refractivity contribution < 1.29 is 4.79 Å². The van der Waals surface area contributed by atoms with Gasteiger partial charge in [-0.3, -0.25) is 14.5 Å². The smallest absolute Gasteiger partial charge is 0.273 e. The van der Waals surface area contributed by atoms with Crippen LogP contribution in [0.2, 0.25) is 5.02 Å². The number of aryl methyl sites for hydroxylation is 1. The summed E-state index contributed by atoms with van der Waals surface area (Å²) in [5, 5.41) is 8.69. The van der Waals surface area contributed by atoms with Crippen molar-refractivity contribution >= 4 is 34.2 Å². The number of fused-ring (bicyclic) bond motifs is 1. The molecule has 0 aliphatic rings. The molecule has 4 aromatic rings. The highest BCUT2D eigenvalue weighted by Crippen LogP contribution is 2.34. The van der Waals surface area contributed by atoms with Crippen LogP contribution in [0.3, 0.4) is 0 Å². The summed E-state index contributed by atoms with van der Waals surface area (Å²) in [4.78, 5) is 28.8. The van der Waals surface area contributed by atoms with Crippen LogP contribution in [-0.2, 0) is 7.05 Å². The fourth-order valence-corrected chi connectivity index (χ4v) is 4.05. The van der Waals surface area contributed by atoms with Gasteiger partial charge >= 0.3 is 0 Å². The summed E-state index contributed by atoms with van der Waals surface area (Å²) >= 11 is 6.53. The van der Waals surface area contributed by atoms with Crippen molar-refractivity contribution in [3.63, 3.8) is 0 Å². The van der Waals surface area contributed by atoms with Crippen molar-refractivity contribution in [2.45, 2.75) is 13.8 Å². The Morgan fingerprint density at radius 3 is 2.68 bits per heavy atom. The standard InChI is InChI=1S/C24H27ClN8O/c1-4-33(5-2)12-10-28-24(34)22-23(26)30-21(18-8-11-32(3)31-18)20(29-22)16-13-15-7-6-9-27-19(15)17(25)14-16/h6-9,11,13-14H,4-5,10,12H2,1-3H3,(H2,26,30)(H,28,34). The maximum atomic E-state index is 13.0. The van der Waals surface area contributed by atoms with Crippen molar-refractivity contribution in [3.8, 4) is 22.6 Å². The second kappa shape index (κ2) is 10.1. The molecular formula is C24H27ClN8O. The van der Waals surface area contributed by atoms with E-state index in [0.29, 0.717) is 39.7 Å². The summed E-state index contributed by atoms with van der Waals surface area (Å²) < 4.78 is 1.67. The molecule has 10 heteroatoms. The number of benzene rings is 1. The lowest BCUT2D eigenvalue weighted by atomic mass is 10.0. The molecule has 1 amide bonds. The first kappa shape index (κ1) is 23.6. The van der Waals surface area contributed by atoms with Crippen molar-refractivity contribution in [2.75, 3.05) is 31.9 Å². The highest BCUT2D eigenvalue weighted by molar-refractivity contribution is 6.35. The van der Waals surface area contributed by atoms with Gasteiger partial charge in [0.2, 0.25) is 0 Å². The summed E-state index contributed by atoms with van der Waals surface area (Å²) in [6.07, 6.45) is 3.50. The SMILES string of the molecule is CCN(CC)CCNC(=O)c1nc(-c2cc(Cl)c3ncccc3c2)c(-c2ccn(C)n2)nc1N. The largest absolute Gasteiger partial charge is 0.382 e. The molecule has 0 fully saturated rings. The highest BCUT2D eigenvalue weighted by atomic mass is 35.5. The number of pyridine rings is 1. The average molecular weight is 479 g/mol. The van der Waals surface area contributed by atoms with Gasteiger partial charge in [-0.1, -0.05) is 31.5 Å². The zero-order valence-electron chi connectivity index (χ0n) is 19.4. The Kier molecular flexibility index (Phi) is 7.04.